The second-order valence-electron chi connectivity index (χ2n) is 12.9. The summed E-state index contributed by atoms with van der Waals surface area (Å²) in [5.74, 6) is -1.72. The number of hydrogen-bond donors (Lipinski definition) is 3. The fraction of sp³-hybridized carbons (Fsp3) is 0.500. The van der Waals surface area contributed by atoms with Crippen molar-refractivity contribution in [3.8, 4) is 11.3 Å². The quantitative estimate of drug-likeness (QED) is 0.294. The Hall–Kier alpha value is -3.24. The van der Waals surface area contributed by atoms with E-state index in [4.69, 9.17) is 0 Å². The maximum absolute atomic E-state index is 15.7. The van der Waals surface area contributed by atoms with Gasteiger partial charge in [-0.2, -0.15) is 0 Å². The molecule has 2 aliphatic carbocycles. The van der Waals surface area contributed by atoms with Gasteiger partial charge in [-0.05, 0) is 77.5 Å². The van der Waals surface area contributed by atoms with Crippen molar-refractivity contribution in [1.82, 2.24) is 14.6 Å². The largest absolute Gasteiger partial charge is 0.481 e. The number of amides is 1. The Labute approximate surface area is 246 Å². The minimum atomic E-state index is -3.96. The molecule has 2 aromatic carbocycles. The van der Waals surface area contributed by atoms with E-state index in [0.29, 0.717) is 42.1 Å². The first-order valence-electron chi connectivity index (χ1n) is 14.7. The fourth-order valence-corrected chi connectivity index (χ4v) is 8.03. The number of sulfonamides is 1. The van der Waals surface area contributed by atoms with Crippen molar-refractivity contribution in [1.29, 1.82) is 0 Å². The Morgan fingerprint density at radius 1 is 1.07 bits per heavy atom. The van der Waals surface area contributed by atoms with E-state index in [2.05, 4.69) is 14.6 Å². The summed E-state index contributed by atoms with van der Waals surface area (Å²) in [6.45, 7) is 7.80. The van der Waals surface area contributed by atoms with Gasteiger partial charge in [-0.3, -0.25) is 9.59 Å². The molecular weight excluding hydrogens is 557 g/mol. The molecule has 3 aromatic rings. The monoisotopic (exact) mass is 597 g/mol. The molecule has 8 nitrogen and oxygen atoms in total. The predicted molar refractivity (Wildman–Crippen MR) is 160 cm³/mol. The summed E-state index contributed by atoms with van der Waals surface area (Å²) in [7, 11) is -3.96. The van der Waals surface area contributed by atoms with Gasteiger partial charge < -0.3 is 15.0 Å². The number of hydrogen-bond acceptors (Lipinski definition) is 4. The molecule has 1 amide bonds. The summed E-state index contributed by atoms with van der Waals surface area (Å²) < 4.78 is 47.2. The van der Waals surface area contributed by atoms with Gasteiger partial charge >= 0.3 is 5.97 Å². The van der Waals surface area contributed by atoms with Crippen LogP contribution < -0.4 is 10.0 Å². The maximum atomic E-state index is 15.7. The SMILES string of the molecule is Cc1c(C(=O)NC2CC(C(=O)O)C2)cc(-c2ccc(S(=O)(=O)NC(C)(C)C)c3cccc(F)c23)n1CC1CCCCC1. The zero-order chi connectivity index (χ0) is 30.4. The zero-order valence-corrected chi connectivity index (χ0v) is 25.5. The molecule has 3 N–H and O–H groups in total. The number of carbonyl (C=O) groups excluding carboxylic acids is 1. The Balaban J connectivity index is 1.61. The molecule has 0 aliphatic heterocycles. The first-order chi connectivity index (χ1) is 19.7. The number of aromatic nitrogens is 1. The normalized spacial score (nSPS) is 19.9. The van der Waals surface area contributed by atoms with E-state index >= 15 is 4.39 Å². The first kappa shape index (κ1) is 30.2. The minimum Gasteiger partial charge on any atom is -0.481 e. The minimum absolute atomic E-state index is 0.00582. The topological polar surface area (TPSA) is 118 Å². The van der Waals surface area contributed by atoms with Gasteiger partial charge in [0.25, 0.3) is 5.91 Å². The van der Waals surface area contributed by atoms with Crippen molar-refractivity contribution >= 4 is 32.7 Å². The van der Waals surface area contributed by atoms with E-state index in [-0.39, 0.29) is 27.6 Å². The molecule has 42 heavy (non-hydrogen) atoms. The second kappa shape index (κ2) is 11.4. The molecule has 0 unspecified atom stereocenters. The van der Waals surface area contributed by atoms with E-state index in [1.807, 2.05) is 6.92 Å². The van der Waals surface area contributed by atoms with Gasteiger partial charge in [-0.15, -0.1) is 0 Å². The van der Waals surface area contributed by atoms with Crippen LogP contribution in [0.5, 0.6) is 0 Å². The van der Waals surface area contributed by atoms with E-state index in [1.54, 1.807) is 39.0 Å². The number of carboxylic acids is 1. The maximum Gasteiger partial charge on any atom is 0.306 e. The number of rotatable bonds is 8. The fourth-order valence-electron chi connectivity index (χ4n) is 6.40. The van der Waals surface area contributed by atoms with Gasteiger partial charge in [0.05, 0.1) is 16.4 Å². The van der Waals surface area contributed by atoms with Crippen LogP contribution in [0.4, 0.5) is 4.39 Å². The van der Waals surface area contributed by atoms with E-state index in [9.17, 15) is 23.1 Å². The van der Waals surface area contributed by atoms with Crippen molar-refractivity contribution in [2.45, 2.75) is 95.7 Å². The lowest BCUT2D eigenvalue weighted by atomic mass is 9.80. The molecular formula is C32H40FN3O5S. The van der Waals surface area contributed by atoms with Gasteiger partial charge in [0.2, 0.25) is 10.0 Å². The van der Waals surface area contributed by atoms with Gasteiger partial charge in [0, 0.05) is 45.8 Å². The lowest BCUT2D eigenvalue weighted by molar-refractivity contribution is -0.145. The summed E-state index contributed by atoms with van der Waals surface area (Å²) in [6.07, 6.45) is 6.42. The summed E-state index contributed by atoms with van der Waals surface area (Å²) in [4.78, 5) is 24.7. The van der Waals surface area contributed by atoms with Crippen LogP contribution in [-0.4, -0.2) is 41.5 Å². The molecule has 2 fully saturated rings. The Kier molecular flexibility index (Phi) is 8.24. The highest BCUT2D eigenvalue weighted by molar-refractivity contribution is 7.89. The number of halogens is 1. The smallest absolute Gasteiger partial charge is 0.306 e. The van der Waals surface area contributed by atoms with Crippen molar-refractivity contribution in [2.24, 2.45) is 11.8 Å². The van der Waals surface area contributed by atoms with E-state index in [1.165, 1.54) is 24.6 Å². The highest BCUT2D eigenvalue weighted by Crippen LogP contribution is 2.38. The molecule has 1 aromatic heterocycles. The second-order valence-corrected chi connectivity index (χ2v) is 14.6. The Morgan fingerprint density at radius 2 is 1.76 bits per heavy atom. The van der Waals surface area contributed by atoms with Crippen molar-refractivity contribution in [3.63, 3.8) is 0 Å². The molecule has 2 saturated carbocycles. The van der Waals surface area contributed by atoms with E-state index < -0.39 is 33.3 Å². The van der Waals surface area contributed by atoms with Crippen molar-refractivity contribution in [2.75, 3.05) is 0 Å². The lowest BCUT2D eigenvalue weighted by Gasteiger charge is -2.32. The zero-order valence-electron chi connectivity index (χ0n) is 24.7. The molecule has 226 valence electrons. The molecule has 1 heterocycles. The third-order valence-electron chi connectivity index (χ3n) is 8.55. The highest BCUT2D eigenvalue weighted by Gasteiger charge is 2.36. The Bertz CT molecular complexity index is 1630. The van der Waals surface area contributed by atoms with Crippen LogP contribution in [-0.2, 0) is 21.4 Å². The van der Waals surface area contributed by atoms with Crippen LogP contribution in [0.1, 0.15) is 81.8 Å². The Morgan fingerprint density at radius 3 is 2.40 bits per heavy atom. The number of aliphatic carboxylic acids is 1. The first-order valence-corrected chi connectivity index (χ1v) is 16.2. The van der Waals surface area contributed by atoms with Gasteiger partial charge in [-0.25, -0.2) is 17.5 Å². The molecule has 0 spiro atoms. The predicted octanol–water partition coefficient (Wildman–Crippen LogP) is 6.01. The number of carboxylic acid groups (broad SMARTS) is 1. The van der Waals surface area contributed by atoms with Crippen LogP contribution in [0.2, 0.25) is 0 Å². The van der Waals surface area contributed by atoms with Crippen molar-refractivity contribution < 1.29 is 27.5 Å². The molecule has 2 aliphatic rings. The third-order valence-corrected chi connectivity index (χ3v) is 10.4. The van der Waals surface area contributed by atoms with Crippen LogP contribution >= 0.6 is 0 Å². The molecule has 0 atom stereocenters. The highest BCUT2D eigenvalue weighted by atomic mass is 32.2. The van der Waals surface area contributed by atoms with Gasteiger partial charge in [0.15, 0.2) is 0 Å². The average Bonchev–Trinajstić information content (AvgIpc) is 3.20. The standard InChI is InChI=1S/C32H40FN3O5S/c1-19-25(30(37)34-22-15-21(16-22)31(38)39)17-27(36(19)18-20-9-6-5-7-10-20)23-13-14-28(42(40,41)35-32(2,3)4)24-11-8-12-26(33)29(23)24/h8,11-14,17,20-22,35H,5-7,9-10,15-16,18H2,1-4H3,(H,34,37)(H,38,39). The molecule has 0 radical (unpaired) electrons. The van der Waals surface area contributed by atoms with Gasteiger partial charge in [0.1, 0.15) is 5.82 Å². The molecule has 10 heteroatoms. The van der Waals surface area contributed by atoms with E-state index in [0.717, 1.165) is 31.4 Å². The number of fused-ring (bicyclic) bond motifs is 1. The molecule has 0 bridgehead atoms. The number of benzene rings is 2. The lowest BCUT2D eigenvalue weighted by Crippen LogP contribution is -2.46. The number of nitrogens with one attached hydrogen (secondary N) is 2. The number of carbonyl (C=O) groups is 2. The summed E-state index contributed by atoms with van der Waals surface area (Å²) >= 11 is 0. The van der Waals surface area contributed by atoms with Crippen LogP contribution in [0.25, 0.3) is 22.0 Å². The third kappa shape index (κ3) is 6.10. The number of nitrogens with zero attached hydrogens (tertiary/aromatic N) is 1. The van der Waals surface area contributed by atoms with Crippen LogP contribution in [0.3, 0.4) is 0 Å². The summed E-state index contributed by atoms with van der Waals surface area (Å²) in [6, 6.07) is 9.16. The average molecular weight is 598 g/mol. The van der Waals surface area contributed by atoms with Crippen LogP contribution in [0.15, 0.2) is 41.3 Å². The summed E-state index contributed by atoms with van der Waals surface area (Å²) in [5.41, 5.74) is 1.65. The summed E-state index contributed by atoms with van der Waals surface area (Å²) in [5, 5.41) is 12.6. The molecule has 0 saturated heterocycles. The van der Waals surface area contributed by atoms with Crippen molar-refractivity contribution in [3.05, 3.63) is 53.5 Å². The van der Waals surface area contributed by atoms with Gasteiger partial charge in [-0.1, -0.05) is 37.5 Å². The van der Waals surface area contributed by atoms with Crippen LogP contribution in [0, 0.1) is 24.6 Å². The molecule has 5 rings (SSSR count).